The maximum absolute atomic E-state index is 12.4. The number of carbonyl (C=O) groups is 1. The fourth-order valence-corrected chi connectivity index (χ4v) is 2.75. The molecule has 1 fully saturated rings. The van der Waals surface area contributed by atoms with E-state index in [-0.39, 0.29) is 18.6 Å². The summed E-state index contributed by atoms with van der Waals surface area (Å²) in [5, 5.41) is 6.97. The number of piperidine rings is 1. The lowest BCUT2D eigenvalue weighted by atomic mass is 9.99. The molecule has 3 rings (SSSR count). The molecule has 1 N–H and O–H groups in total. The predicted molar refractivity (Wildman–Crippen MR) is 78.8 cm³/mol. The van der Waals surface area contributed by atoms with Gasteiger partial charge in [0.05, 0.1) is 11.7 Å². The van der Waals surface area contributed by atoms with Crippen LogP contribution in [0, 0.1) is 0 Å². The largest absolute Gasteiger partial charge is 0.484 e. The molecule has 2 aromatic rings. The molecular formula is C16H19N3O2. The van der Waals surface area contributed by atoms with E-state index in [2.05, 4.69) is 10.2 Å². The number of likely N-dealkylation sites (tertiary alicyclic amines) is 1. The Hall–Kier alpha value is -2.30. The lowest BCUT2D eigenvalue weighted by Crippen LogP contribution is -2.41. The Kier molecular flexibility index (Phi) is 4.19. The Morgan fingerprint density at radius 3 is 2.90 bits per heavy atom. The number of amides is 1. The van der Waals surface area contributed by atoms with Crippen LogP contribution < -0.4 is 4.74 Å². The number of ether oxygens (including phenoxy) is 1. The van der Waals surface area contributed by atoms with Crippen LogP contribution in [-0.4, -0.2) is 34.2 Å². The molecule has 1 unspecified atom stereocenters. The summed E-state index contributed by atoms with van der Waals surface area (Å²) in [6.07, 6.45) is 4.88. The van der Waals surface area contributed by atoms with Crippen molar-refractivity contribution in [3.05, 3.63) is 48.3 Å². The van der Waals surface area contributed by atoms with E-state index in [1.807, 2.05) is 41.3 Å². The quantitative estimate of drug-likeness (QED) is 0.939. The lowest BCUT2D eigenvalue weighted by Gasteiger charge is -2.35. The second kappa shape index (κ2) is 6.43. The molecule has 5 heteroatoms. The number of para-hydroxylation sites is 1. The van der Waals surface area contributed by atoms with Crippen LogP contribution in [0.5, 0.6) is 5.75 Å². The zero-order valence-corrected chi connectivity index (χ0v) is 11.9. The van der Waals surface area contributed by atoms with Crippen molar-refractivity contribution in [3.8, 4) is 5.75 Å². The summed E-state index contributed by atoms with van der Waals surface area (Å²) in [5.74, 6) is 0.749. The average molecular weight is 285 g/mol. The number of nitrogens with one attached hydrogen (secondary N) is 1. The van der Waals surface area contributed by atoms with E-state index >= 15 is 0 Å². The minimum atomic E-state index is 0.0261. The van der Waals surface area contributed by atoms with Gasteiger partial charge in [0.2, 0.25) is 0 Å². The number of aromatic nitrogens is 2. The number of aromatic amines is 1. The van der Waals surface area contributed by atoms with Gasteiger partial charge in [-0.25, -0.2) is 0 Å². The molecule has 1 amide bonds. The molecule has 1 atom stereocenters. The van der Waals surface area contributed by atoms with E-state index in [1.54, 1.807) is 6.20 Å². The molecular weight excluding hydrogens is 266 g/mol. The van der Waals surface area contributed by atoms with Crippen LogP contribution in [0.4, 0.5) is 0 Å². The summed E-state index contributed by atoms with van der Waals surface area (Å²) >= 11 is 0. The zero-order chi connectivity index (χ0) is 14.5. The summed E-state index contributed by atoms with van der Waals surface area (Å²) in [4.78, 5) is 14.3. The van der Waals surface area contributed by atoms with Crippen molar-refractivity contribution in [2.24, 2.45) is 0 Å². The highest BCUT2D eigenvalue weighted by molar-refractivity contribution is 5.78. The van der Waals surface area contributed by atoms with Gasteiger partial charge < -0.3 is 9.64 Å². The summed E-state index contributed by atoms with van der Waals surface area (Å²) in [6, 6.07) is 11.5. The van der Waals surface area contributed by atoms with E-state index in [9.17, 15) is 4.79 Å². The van der Waals surface area contributed by atoms with Crippen molar-refractivity contribution < 1.29 is 9.53 Å². The fraction of sp³-hybridized carbons (Fsp3) is 0.375. The monoisotopic (exact) mass is 285 g/mol. The van der Waals surface area contributed by atoms with E-state index in [1.165, 1.54) is 0 Å². The van der Waals surface area contributed by atoms with E-state index in [0.717, 1.165) is 37.3 Å². The van der Waals surface area contributed by atoms with Crippen molar-refractivity contribution in [1.82, 2.24) is 15.1 Å². The van der Waals surface area contributed by atoms with Crippen LogP contribution >= 0.6 is 0 Å². The van der Waals surface area contributed by atoms with Gasteiger partial charge in [0, 0.05) is 12.7 Å². The van der Waals surface area contributed by atoms with Gasteiger partial charge in [0.1, 0.15) is 5.75 Å². The third kappa shape index (κ3) is 3.24. The van der Waals surface area contributed by atoms with Crippen molar-refractivity contribution in [1.29, 1.82) is 0 Å². The fourth-order valence-electron chi connectivity index (χ4n) is 2.75. The second-order valence-corrected chi connectivity index (χ2v) is 5.21. The van der Waals surface area contributed by atoms with Crippen LogP contribution in [0.25, 0.3) is 0 Å². The highest BCUT2D eigenvalue weighted by Gasteiger charge is 2.28. The lowest BCUT2D eigenvalue weighted by molar-refractivity contribution is -0.137. The summed E-state index contributed by atoms with van der Waals surface area (Å²) in [5.41, 5.74) is 1.00. The van der Waals surface area contributed by atoms with Crippen molar-refractivity contribution in [2.45, 2.75) is 25.3 Å². The number of benzene rings is 1. The van der Waals surface area contributed by atoms with Gasteiger partial charge in [0.25, 0.3) is 5.91 Å². The molecule has 0 radical (unpaired) electrons. The van der Waals surface area contributed by atoms with Gasteiger partial charge in [-0.1, -0.05) is 18.2 Å². The molecule has 1 aliphatic heterocycles. The van der Waals surface area contributed by atoms with Crippen LogP contribution in [0.3, 0.4) is 0 Å². The molecule has 1 aliphatic rings. The Labute approximate surface area is 123 Å². The highest BCUT2D eigenvalue weighted by Crippen LogP contribution is 2.29. The van der Waals surface area contributed by atoms with Crippen molar-refractivity contribution in [3.63, 3.8) is 0 Å². The first-order valence-corrected chi connectivity index (χ1v) is 7.31. The molecule has 21 heavy (non-hydrogen) atoms. The van der Waals surface area contributed by atoms with Gasteiger partial charge in [-0.3, -0.25) is 9.89 Å². The first kappa shape index (κ1) is 13.7. The molecule has 0 spiro atoms. The average Bonchev–Trinajstić information content (AvgIpc) is 3.08. The van der Waals surface area contributed by atoms with Crippen LogP contribution in [0.2, 0.25) is 0 Å². The smallest absolute Gasteiger partial charge is 0.261 e. The third-order valence-electron chi connectivity index (χ3n) is 3.81. The molecule has 110 valence electrons. The number of hydrogen-bond donors (Lipinski definition) is 1. The van der Waals surface area contributed by atoms with Gasteiger partial charge >= 0.3 is 0 Å². The minimum absolute atomic E-state index is 0.0261. The second-order valence-electron chi connectivity index (χ2n) is 5.21. The molecule has 0 saturated carbocycles. The van der Waals surface area contributed by atoms with Gasteiger partial charge in [-0.15, -0.1) is 0 Å². The highest BCUT2D eigenvalue weighted by atomic mass is 16.5. The van der Waals surface area contributed by atoms with E-state index in [0.29, 0.717) is 0 Å². The molecule has 1 saturated heterocycles. The first-order valence-electron chi connectivity index (χ1n) is 7.31. The summed E-state index contributed by atoms with van der Waals surface area (Å²) in [7, 11) is 0. The standard InChI is InChI=1S/C16H19N3O2/c20-16(12-21-13-6-2-1-3-7-13)19-11-5-4-8-15(19)14-9-10-17-18-14/h1-3,6-7,9-10,15H,4-5,8,11-12H2,(H,17,18). The van der Waals surface area contributed by atoms with Crippen LogP contribution in [0.1, 0.15) is 31.0 Å². The number of rotatable bonds is 4. The molecule has 1 aromatic carbocycles. The predicted octanol–water partition coefficient (Wildman–Crippen LogP) is 2.54. The minimum Gasteiger partial charge on any atom is -0.484 e. The Balaban J connectivity index is 1.64. The summed E-state index contributed by atoms with van der Waals surface area (Å²) < 4.78 is 5.57. The Morgan fingerprint density at radius 1 is 1.29 bits per heavy atom. The van der Waals surface area contributed by atoms with Gasteiger partial charge in [0.15, 0.2) is 6.61 Å². The normalized spacial score (nSPS) is 18.5. The van der Waals surface area contributed by atoms with E-state index < -0.39 is 0 Å². The van der Waals surface area contributed by atoms with E-state index in [4.69, 9.17) is 4.74 Å². The molecule has 2 heterocycles. The Morgan fingerprint density at radius 2 is 2.14 bits per heavy atom. The molecule has 0 bridgehead atoms. The van der Waals surface area contributed by atoms with Crippen molar-refractivity contribution in [2.75, 3.05) is 13.2 Å². The SMILES string of the molecule is O=C(COc1ccccc1)N1CCCCC1c1ccn[nH]1. The van der Waals surface area contributed by atoms with Crippen molar-refractivity contribution >= 4 is 5.91 Å². The van der Waals surface area contributed by atoms with Gasteiger partial charge in [-0.2, -0.15) is 5.10 Å². The molecule has 0 aliphatic carbocycles. The van der Waals surface area contributed by atoms with Crippen LogP contribution in [0.15, 0.2) is 42.6 Å². The number of hydrogen-bond acceptors (Lipinski definition) is 3. The number of carbonyl (C=O) groups excluding carboxylic acids is 1. The third-order valence-corrected chi connectivity index (χ3v) is 3.81. The number of nitrogens with zero attached hydrogens (tertiary/aromatic N) is 2. The van der Waals surface area contributed by atoms with Crippen LogP contribution in [-0.2, 0) is 4.79 Å². The maximum Gasteiger partial charge on any atom is 0.261 e. The molecule has 1 aromatic heterocycles. The topological polar surface area (TPSA) is 58.2 Å². The Bertz CT molecular complexity index is 568. The summed E-state index contributed by atoms with van der Waals surface area (Å²) in [6.45, 7) is 0.856. The first-order chi connectivity index (χ1) is 10.3. The molecule has 5 nitrogen and oxygen atoms in total. The maximum atomic E-state index is 12.4. The van der Waals surface area contributed by atoms with Gasteiger partial charge in [-0.05, 0) is 37.5 Å². The zero-order valence-electron chi connectivity index (χ0n) is 11.9. The number of H-pyrrole nitrogens is 1.